The molecule has 51 valence electrons. The van der Waals surface area contributed by atoms with Crippen LogP contribution in [-0.4, -0.2) is 34.4 Å². The van der Waals surface area contributed by atoms with Crippen LogP contribution in [0.5, 0.6) is 0 Å². The van der Waals surface area contributed by atoms with Crippen LogP contribution < -0.4 is 5.32 Å². The molecule has 0 unspecified atom stereocenters. The average Bonchev–Trinajstić information content (AvgIpc) is 1.71. The quantitative estimate of drug-likeness (QED) is 0.553. The summed E-state index contributed by atoms with van der Waals surface area (Å²) in [6, 6.07) is 0. The van der Waals surface area contributed by atoms with Crippen LogP contribution in [0.15, 0.2) is 0 Å². The van der Waals surface area contributed by atoms with Gasteiger partial charge in [-0.25, -0.2) is 5.11 Å². The molecule has 0 atom stereocenters. The van der Waals surface area contributed by atoms with Crippen molar-refractivity contribution in [1.29, 1.82) is 0 Å². The predicted molar refractivity (Wildman–Crippen MR) is 32.4 cm³/mol. The normalized spacial score (nSPS) is 7.50. The summed E-state index contributed by atoms with van der Waals surface area (Å²) in [5.74, 6) is 0. The molecule has 0 saturated carbocycles. The van der Waals surface area contributed by atoms with Crippen molar-refractivity contribution in [3.8, 4) is 0 Å². The molecule has 0 amide bonds. The highest BCUT2D eigenvalue weighted by atomic mass is 16.5. The Hall–Kier alpha value is -0.120. The molecule has 0 aliphatic carbocycles. The fraction of sp³-hybridized carbons (Fsp3) is 1.00. The summed E-state index contributed by atoms with van der Waals surface area (Å²) in [5, 5.41) is 12.2. The largest absolute Gasteiger partial charge is 0.382 e. The van der Waals surface area contributed by atoms with E-state index < -0.39 is 0 Å². The molecule has 0 heterocycles. The van der Waals surface area contributed by atoms with E-state index in [0.29, 0.717) is 6.61 Å². The highest BCUT2D eigenvalue weighted by Crippen LogP contribution is 1.57. The SMILES string of the molecule is CNC.COCC[O]. The van der Waals surface area contributed by atoms with Gasteiger partial charge in [-0.3, -0.25) is 0 Å². The fourth-order valence-corrected chi connectivity index (χ4v) is 0.0833. The molecule has 0 saturated heterocycles. The van der Waals surface area contributed by atoms with Gasteiger partial charge >= 0.3 is 0 Å². The van der Waals surface area contributed by atoms with Gasteiger partial charge in [0.25, 0.3) is 0 Å². The molecular weight excluding hydrogens is 106 g/mol. The van der Waals surface area contributed by atoms with Crippen LogP contribution in [0.1, 0.15) is 0 Å². The van der Waals surface area contributed by atoms with Crippen LogP contribution in [-0.2, 0) is 9.84 Å². The molecular formula is C5H14NO2. The number of rotatable bonds is 2. The van der Waals surface area contributed by atoms with Gasteiger partial charge in [-0.1, -0.05) is 0 Å². The monoisotopic (exact) mass is 120 g/mol. The first kappa shape index (κ1) is 10.8. The molecule has 0 aliphatic heterocycles. The van der Waals surface area contributed by atoms with E-state index in [2.05, 4.69) is 10.1 Å². The van der Waals surface area contributed by atoms with Gasteiger partial charge < -0.3 is 10.1 Å². The highest BCUT2D eigenvalue weighted by Gasteiger charge is 1.69. The lowest BCUT2D eigenvalue weighted by atomic mass is 10.8. The van der Waals surface area contributed by atoms with Crippen molar-refractivity contribution in [3.05, 3.63) is 0 Å². The van der Waals surface area contributed by atoms with E-state index in [-0.39, 0.29) is 6.61 Å². The molecule has 8 heavy (non-hydrogen) atoms. The standard InChI is InChI=1S/C3H7O2.C2H7N/c1-5-3-2-4;1-3-2/h2-3H2,1H3;3H,1-2H3. The van der Waals surface area contributed by atoms with Gasteiger partial charge in [-0.05, 0) is 14.1 Å². The zero-order valence-electron chi connectivity index (χ0n) is 5.73. The Bertz CT molecular complexity index is 24.4. The minimum Gasteiger partial charge on any atom is -0.382 e. The molecule has 3 nitrogen and oxygen atoms in total. The number of methoxy groups -OCH3 is 1. The fourth-order valence-electron chi connectivity index (χ4n) is 0.0833. The molecule has 1 radical (unpaired) electrons. The Morgan fingerprint density at radius 1 is 1.50 bits per heavy atom. The lowest BCUT2D eigenvalue weighted by molar-refractivity contribution is 0.0948. The van der Waals surface area contributed by atoms with Crippen LogP contribution >= 0.6 is 0 Å². The molecule has 0 fully saturated rings. The van der Waals surface area contributed by atoms with Crippen molar-refractivity contribution in [3.63, 3.8) is 0 Å². The molecule has 1 N–H and O–H groups in total. The third-order valence-electron chi connectivity index (χ3n) is 0.287. The van der Waals surface area contributed by atoms with Crippen molar-refractivity contribution in [2.75, 3.05) is 34.4 Å². The lowest BCUT2D eigenvalue weighted by Gasteiger charge is -1.82. The minimum atomic E-state index is -0.128. The molecule has 0 aromatic heterocycles. The second-order valence-corrected chi connectivity index (χ2v) is 1.20. The van der Waals surface area contributed by atoms with Crippen LogP contribution in [0, 0.1) is 0 Å². The molecule has 0 aliphatic rings. The summed E-state index contributed by atoms with van der Waals surface area (Å²) < 4.78 is 4.38. The Morgan fingerprint density at radius 2 is 1.88 bits per heavy atom. The van der Waals surface area contributed by atoms with Crippen molar-refractivity contribution >= 4 is 0 Å². The van der Waals surface area contributed by atoms with E-state index >= 15 is 0 Å². The van der Waals surface area contributed by atoms with Gasteiger partial charge in [-0.15, -0.1) is 0 Å². The molecule has 0 spiro atoms. The number of hydrogen-bond acceptors (Lipinski definition) is 2. The third-order valence-corrected chi connectivity index (χ3v) is 0.287. The Morgan fingerprint density at radius 3 is 1.88 bits per heavy atom. The smallest absolute Gasteiger partial charge is 0.106 e. The van der Waals surface area contributed by atoms with Gasteiger partial charge in [0.2, 0.25) is 0 Å². The average molecular weight is 120 g/mol. The first-order valence-electron chi connectivity index (χ1n) is 2.49. The second-order valence-electron chi connectivity index (χ2n) is 1.20. The Balaban J connectivity index is 0. The van der Waals surface area contributed by atoms with Crippen molar-refractivity contribution in [1.82, 2.24) is 5.32 Å². The summed E-state index contributed by atoms with van der Waals surface area (Å²) in [7, 11) is 5.26. The summed E-state index contributed by atoms with van der Waals surface area (Å²) >= 11 is 0. The van der Waals surface area contributed by atoms with Crippen molar-refractivity contribution in [2.45, 2.75) is 0 Å². The number of hydrogen-bond donors (Lipinski definition) is 1. The minimum absolute atomic E-state index is 0.128. The van der Waals surface area contributed by atoms with E-state index in [9.17, 15) is 5.11 Å². The van der Waals surface area contributed by atoms with Gasteiger partial charge in [0, 0.05) is 7.11 Å². The van der Waals surface area contributed by atoms with Gasteiger partial charge in [0.15, 0.2) is 0 Å². The molecule has 0 rings (SSSR count). The Kier molecular flexibility index (Phi) is 21.3. The molecule has 0 bridgehead atoms. The van der Waals surface area contributed by atoms with E-state index in [1.807, 2.05) is 14.1 Å². The first-order chi connectivity index (χ1) is 3.83. The summed E-state index contributed by atoms with van der Waals surface area (Å²) in [5.41, 5.74) is 0. The maximum atomic E-state index is 9.40. The lowest BCUT2D eigenvalue weighted by Crippen LogP contribution is -1.90. The summed E-state index contributed by atoms with van der Waals surface area (Å²) in [6.45, 7) is 0.205. The second kappa shape index (κ2) is 15.8. The van der Waals surface area contributed by atoms with E-state index in [4.69, 9.17) is 0 Å². The van der Waals surface area contributed by atoms with Crippen LogP contribution in [0.2, 0.25) is 0 Å². The Labute approximate surface area is 50.7 Å². The summed E-state index contributed by atoms with van der Waals surface area (Å²) in [6.07, 6.45) is 0. The van der Waals surface area contributed by atoms with E-state index in [1.165, 1.54) is 7.11 Å². The first-order valence-corrected chi connectivity index (χ1v) is 2.49. The predicted octanol–water partition coefficient (Wildman–Crippen LogP) is -0.101. The van der Waals surface area contributed by atoms with Crippen molar-refractivity contribution < 1.29 is 9.84 Å². The third kappa shape index (κ3) is 39.6. The van der Waals surface area contributed by atoms with Gasteiger partial charge in [0.05, 0.1) is 6.61 Å². The van der Waals surface area contributed by atoms with E-state index in [0.717, 1.165) is 0 Å². The van der Waals surface area contributed by atoms with Crippen LogP contribution in [0.3, 0.4) is 0 Å². The van der Waals surface area contributed by atoms with Gasteiger partial charge in [0.1, 0.15) is 6.61 Å². The molecule has 0 aromatic carbocycles. The molecule has 0 aromatic rings. The van der Waals surface area contributed by atoms with Crippen LogP contribution in [0.25, 0.3) is 0 Å². The maximum absolute atomic E-state index is 9.40. The highest BCUT2D eigenvalue weighted by molar-refractivity contribution is 4.12. The number of ether oxygens (including phenoxy) is 1. The van der Waals surface area contributed by atoms with E-state index in [1.54, 1.807) is 0 Å². The maximum Gasteiger partial charge on any atom is 0.106 e. The topological polar surface area (TPSA) is 41.2 Å². The van der Waals surface area contributed by atoms with Crippen molar-refractivity contribution in [2.24, 2.45) is 0 Å². The zero-order valence-corrected chi connectivity index (χ0v) is 5.73. The molecule has 3 heteroatoms. The van der Waals surface area contributed by atoms with Gasteiger partial charge in [-0.2, -0.15) is 0 Å². The van der Waals surface area contributed by atoms with Crippen LogP contribution in [0.4, 0.5) is 0 Å². The zero-order chi connectivity index (χ0) is 6.83. The number of nitrogens with one attached hydrogen (secondary N) is 1. The summed E-state index contributed by atoms with van der Waals surface area (Å²) in [4.78, 5) is 0.